The van der Waals surface area contributed by atoms with Gasteiger partial charge in [-0.15, -0.1) is 0 Å². The maximum atomic E-state index is 13.1. The van der Waals surface area contributed by atoms with Crippen molar-refractivity contribution < 1.29 is 4.39 Å². The van der Waals surface area contributed by atoms with Gasteiger partial charge in [-0.3, -0.25) is 0 Å². The Kier molecular flexibility index (Phi) is 3.56. The highest BCUT2D eigenvalue weighted by Gasteiger charge is 2.04. The Morgan fingerprint density at radius 1 is 1.25 bits per heavy atom. The van der Waals surface area contributed by atoms with Crippen molar-refractivity contribution in [3.8, 4) is 0 Å². The minimum atomic E-state index is -0.226. The highest BCUT2D eigenvalue weighted by atomic mass is 35.5. The van der Waals surface area contributed by atoms with Crippen LogP contribution in [0.15, 0.2) is 42.7 Å². The molecule has 0 amide bonds. The first-order chi connectivity index (χ1) is 9.72. The van der Waals surface area contributed by atoms with Gasteiger partial charge in [0.15, 0.2) is 0 Å². The summed E-state index contributed by atoms with van der Waals surface area (Å²) < 4.78 is 13.1. The molecule has 3 rings (SSSR count). The number of aromatic nitrogens is 2. The molecule has 0 radical (unpaired) electrons. The Balaban J connectivity index is 1.68. The summed E-state index contributed by atoms with van der Waals surface area (Å²) in [5.41, 5.74) is 2.93. The number of nitrogens with one attached hydrogen (secondary N) is 2. The van der Waals surface area contributed by atoms with Crippen LogP contribution in [0.1, 0.15) is 5.56 Å². The van der Waals surface area contributed by atoms with Gasteiger partial charge < -0.3 is 10.3 Å². The molecule has 0 saturated carbocycles. The van der Waals surface area contributed by atoms with Crippen molar-refractivity contribution in [3.63, 3.8) is 0 Å². The number of hydrogen-bond donors (Lipinski definition) is 2. The number of halogens is 2. The van der Waals surface area contributed by atoms with Gasteiger partial charge in [0.25, 0.3) is 0 Å². The van der Waals surface area contributed by atoms with E-state index in [1.54, 1.807) is 18.3 Å². The van der Waals surface area contributed by atoms with Crippen LogP contribution >= 0.6 is 11.6 Å². The summed E-state index contributed by atoms with van der Waals surface area (Å²) in [6, 6.07) is 8.45. The molecule has 0 fully saturated rings. The molecule has 0 unspecified atom stereocenters. The third kappa shape index (κ3) is 2.75. The predicted octanol–water partition coefficient (Wildman–Crippen LogP) is 4.01. The fourth-order valence-electron chi connectivity index (χ4n) is 2.22. The van der Waals surface area contributed by atoms with Crippen LogP contribution in [0.2, 0.25) is 5.15 Å². The maximum Gasteiger partial charge on any atom is 0.131 e. The molecule has 0 spiro atoms. The third-order valence-corrected chi connectivity index (χ3v) is 3.39. The van der Waals surface area contributed by atoms with E-state index in [1.165, 1.54) is 12.1 Å². The minimum absolute atomic E-state index is 0.226. The number of fused-ring (bicyclic) bond motifs is 1. The number of aromatic amines is 1. The van der Waals surface area contributed by atoms with E-state index in [2.05, 4.69) is 15.3 Å². The van der Waals surface area contributed by atoms with Gasteiger partial charge in [-0.2, -0.15) is 0 Å². The molecule has 3 nitrogen and oxygen atoms in total. The normalized spacial score (nSPS) is 10.9. The fraction of sp³-hybridized carbons (Fsp3) is 0.133. The molecule has 2 N–H and O–H groups in total. The van der Waals surface area contributed by atoms with Crippen LogP contribution in [0.3, 0.4) is 0 Å². The summed E-state index contributed by atoms with van der Waals surface area (Å²) in [5.74, 6) is -0.226. The van der Waals surface area contributed by atoms with Crippen LogP contribution in [-0.4, -0.2) is 16.5 Å². The summed E-state index contributed by atoms with van der Waals surface area (Å²) in [5, 5.41) is 4.81. The van der Waals surface area contributed by atoms with Gasteiger partial charge in [0, 0.05) is 35.5 Å². The lowest BCUT2D eigenvalue weighted by atomic mass is 10.1. The van der Waals surface area contributed by atoms with Gasteiger partial charge in [0.05, 0.1) is 0 Å². The first-order valence-corrected chi connectivity index (χ1v) is 6.71. The Labute approximate surface area is 120 Å². The van der Waals surface area contributed by atoms with Crippen molar-refractivity contribution in [2.45, 2.75) is 6.42 Å². The van der Waals surface area contributed by atoms with E-state index < -0.39 is 0 Å². The Bertz CT molecular complexity index is 739. The number of hydrogen-bond acceptors (Lipinski definition) is 2. The first-order valence-electron chi connectivity index (χ1n) is 6.33. The molecule has 20 heavy (non-hydrogen) atoms. The SMILES string of the molecule is Fc1ccc2c(CCNc3ccnc(Cl)c3)c[nH]c2c1. The molecule has 0 saturated heterocycles. The van der Waals surface area contributed by atoms with E-state index in [-0.39, 0.29) is 5.82 Å². The first kappa shape index (κ1) is 12.9. The van der Waals surface area contributed by atoms with Gasteiger partial charge >= 0.3 is 0 Å². The number of nitrogens with zero attached hydrogens (tertiary/aromatic N) is 1. The Hall–Kier alpha value is -2.07. The van der Waals surface area contributed by atoms with Crippen LogP contribution in [0.25, 0.3) is 10.9 Å². The van der Waals surface area contributed by atoms with E-state index in [1.807, 2.05) is 12.3 Å². The second kappa shape index (κ2) is 5.51. The number of anilines is 1. The lowest BCUT2D eigenvalue weighted by Gasteiger charge is -2.05. The largest absolute Gasteiger partial charge is 0.385 e. The molecule has 2 aromatic heterocycles. The maximum absolute atomic E-state index is 13.1. The van der Waals surface area contributed by atoms with E-state index in [0.29, 0.717) is 5.15 Å². The molecular weight excluding hydrogens is 277 g/mol. The van der Waals surface area contributed by atoms with Crippen LogP contribution in [0, 0.1) is 5.82 Å². The van der Waals surface area contributed by atoms with Crippen molar-refractivity contribution in [3.05, 3.63) is 59.3 Å². The molecule has 2 heterocycles. The number of H-pyrrole nitrogens is 1. The zero-order valence-corrected chi connectivity index (χ0v) is 11.4. The number of pyridine rings is 1. The highest BCUT2D eigenvalue weighted by Crippen LogP contribution is 2.20. The summed E-state index contributed by atoms with van der Waals surface area (Å²) in [7, 11) is 0. The second-order valence-corrected chi connectivity index (χ2v) is 4.94. The molecule has 0 aliphatic rings. The van der Waals surface area contributed by atoms with E-state index in [9.17, 15) is 4.39 Å². The molecule has 5 heteroatoms. The quantitative estimate of drug-likeness (QED) is 0.713. The standard InChI is InChI=1S/C15H13ClFN3/c16-15-8-12(4-6-19-15)18-5-3-10-9-20-14-7-11(17)1-2-13(10)14/h1-2,4,6-9,20H,3,5H2,(H,18,19). The monoisotopic (exact) mass is 289 g/mol. The zero-order valence-electron chi connectivity index (χ0n) is 10.7. The van der Waals surface area contributed by atoms with Crippen molar-refractivity contribution in [2.75, 3.05) is 11.9 Å². The molecule has 0 atom stereocenters. The summed E-state index contributed by atoms with van der Waals surface area (Å²) in [6.07, 6.45) is 4.43. The molecule has 1 aromatic carbocycles. The van der Waals surface area contributed by atoms with Crippen molar-refractivity contribution in [2.24, 2.45) is 0 Å². The lowest BCUT2D eigenvalue weighted by molar-refractivity contribution is 0.629. The molecule has 0 aliphatic heterocycles. The summed E-state index contributed by atoms with van der Waals surface area (Å²) in [6.45, 7) is 0.769. The lowest BCUT2D eigenvalue weighted by Crippen LogP contribution is -2.04. The molecule has 0 bridgehead atoms. The van der Waals surface area contributed by atoms with Crippen molar-refractivity contribution in [1.82, 2.24) is 9.97 Å². The van der Waals surface area contributed by atoms with E-state index in [4.69, 9.17) is 11.6 Å². The second-order valence-electron chi connectivity index (χ2n) is 4.55. The highest BCUT2D eigenvalue weighted by molar-refractivity contribution is 6.29. The van der Waals surface area contributed by atoms with Crippen LogP contribution < -0.4 is 5.32 Å². The van der Waals surface area contributed by atoms with Crippen LogP contribution in [-0.2, 0) is 6.42 Å². The fourth-order valence-corrected chi connectivity index (χ4v) is 2.39. The van der Waals surface area contributed by atoms with E-state index in [0.717, 1.165) is 35.1 Å². The molecular formula is C15H13ClFN3. The Morgan fingerprint density at radius 2 is 2.15 bits per heavy atom. The van der Waals surface area contributed by atoms with Gasteiger partial charge in [-0.25, -0.2) is 9.37 Å². The van der Waals surface area contributed by atoms with Crippen molar-refractivity contribution in [1.29, 1.82) is 0 Å². The topological polar surface area (TPSA) is 40.7 Å². The molecule has 102 valence electrons. The molecule has 0 aliphatic carbocycles. The average molecular weight is 290 g/mol. The molecule has 3 aromatic rings. The Morgan fingerprint density at radius 3 is 3.00 bits per heavy atom. The van der Waals surface area contributed by atoms with Gasteiger partial charge in [-0.1, -0.05) is 11.6 Å². The zero-order chi connectivity index (χ0) is 13.9. The summed E-state index contributed by atoms with van der Waals surface area (Å²) >= 11 is 5.82. The van der Waals surface area contributed by atoms with Gasteiger partial charge in [0.1, 0.15) is 11.0 Å². The minimum Gasteiger partial charge on any atom is -0.385 e. The summed E-state index contributed by atoms with van der Waals surface area (Å²) in [4.78, 5) is 7.02. The van der Waals surface area contributed by atoms with Crippen LogP contribution in [0.5, 0.6) is 0 Å². The average Bonchev–Trinajstić information content (AvgIpc) is 2.81. The van der Waals surface area contributed by atoms with Crippen LogP contribution in [0.4, 0.5) is 10.1 Å². The predicted molar refractivity (Wildman–Crippen MR) is 79.7 cm³/mol. The van der Waals surface area contributed by atoms with Crippen molar-refractivity contribution >= 4 is 28.2 Å². The van der Waals surface area contributed by atoms with E-state index >= 15 is 0 Å². The smallest absolute Gasteiger partial charge is 0.131 e. The van der Waals surface area contributed by atoms with Gasteiger partial charge in [-0.05, 0) is 42.3 Å². The number of rotatable bonds is 4. The van der Waals surface area contributed by atoms with Gasteiger partial charge in [0.2, 0.25) is 0 Å². The third-order valence-electron chi connectivity index (χ3n) is 3.18. The number of benzene rings is 1.